The second-order valence-electron chi connectivity index (χ2n) is 5.93. The fourth-order valence-corrected chi connectivity index (χ4v) is 2.56. The van der Waals surface area contributed by atoms with Crippen LogP contribution in [0.25, 0.3) is 10.8 Å². The molecule has 0 fully saturated rings. The lowest BCUT2D eigenvalue weighted by Gasteiger charge is -2.10. The third-order valence-corrected chi connectivity index (χ3v) is 3.86. The van der Waals surface area contributed by atoms with E-state index in [9.17, 15) is 10.1 Å². The molecular weight excluding hydrogens is 292 g/mol. The van der Waals surface area contributed by atoms with E-state index < -0.39 is 14.2 Å². The number of nitrogens with one attached hydrogen (secondary N) is 1. The van der Waals surface area contributed by atoms with Gasteiger partial charge in [-0.25, -0.2) is 4.79 Å². The van der Waals surface area contributed by atoms with Gasteiger partial charge in [0.25, 0.3) is 0 Å². The Morgan fingerprint density at radius 3 is 2.50 bits per heavy atom. The third-order valence-electron chi connectivity index (χ3n) is 2.99. The lowest BCUT2D eigenvalue weighted by Crippen LogP contribution is -2.16. The Morgan fingerprint density at radius 2 is 1.91 bits per heavy atom. The van der Waals surface area contributed by atoms with Crippen molar-refractivity contribution in [3.63, 3.8) is 0 Å². The largest absolute Gasteiger partial charge is 0.465 e. The van der Waals surface area contributed by atoms with Gasteiger partial charge in [-0.2, -0.15) is 5.26 Å². The molecule has 110 valence electrons. The van der Waals surface area contributed by atoms with Crippen molar-refractivity contribution < 1.29 is 9.90 Å². The van der Waals surface area contributed by atoms with Gasteiger partial charge in [-0.3, -0.25) is 5.32 Å². The number of carbonyl (C=O) groups is 1. The summed E-state index contributed by atoms with van der Waals surface area (Å²) in [6, 6.07) is 10.9. The van der Waals surface area contributed by atoms with E-state index in [1.807, 2.05) is 6.07 Å². The van der Waals surface area contributed by atoms with E-state index in [0.717, 1.165) is 10.8 Å². The number of benzene rings is 2. The Morgan fingerprint density at radius 1 is 1.18 bits per heavy atom. The van der Waals surface area contributed by atoms with Crippen molar-refractivity contribution in [2.75, 3.05) is 5.32 Å². The molecule has 0 saturated heterocycles. The SMILES string of the molecule is C[Si](C)(C)C#Cc1c(NC(=O)O)ccc2c(C#N)cccc12. The molecule has 0 aliphatic carbocycles. The number of rotatable bonds is 1. The zero-order valence-electron chi connectivity index (χ0n) is 12.7. The summed E-state index contributed by atoms with van der Waals surface area (Å²) in [5.74, 6) is 3.13. The summed E-state index contributed by atoms with van der Waals surface area (Å²) in [6.07, 6.45) is -1.13. The van der Waals surface area contributed by atoms with E-state index >= 15 is 0 Å². The number of carboxylic acid groups (broad SMARTS) is 1. The van der Waals surface area contributed by atoms with Crippen LogP contribution in [0, 0.1) is 22.8 Å². The average molecular weight is 308 g/mol. The summed E-state index contributed by atoms with van der Waals surface area (Å²) in [5, 5.41) is 22.2. The van der Waals surface area contributed by atoms with Crippen LogP contribution in [0.3, 0.4) is 0 Å². The monoisotopic (exact) mass is 308 g/mol. The predicted molar refractivity (Wildman–Crippen MR) is 90.5 cm³/mol. The Hall–Kier alpha value is -2.76. The molecule has 5 heteroatoms. The summed E-state index contributed by atoms with van der Waals surface area (Å²) in [4.78, 5) is 11.0. The van der Waals surface area contributed by atoms with Crippen LogP contribution in [0.4, 0.5) is 10.5 Å². The zero-order valence-corrected chi connectivity index (χ0v) is 13.7. The van der Waals surface area contributed by atoms with Crippen LogP contribution in [0.2, 0.25) is 19.6 Å². The Labute approximate surface area is 130 Å². The fourth-order valence-electron chi connectivity index (χ4n) is 2.06. The Bertz CT molecular complexity index is 849. The smallest absolute Gasteiger partial charge is 0.409 e. The number of nitrogens with zero attached hydrogens (tertiary/aromatic N) is 1. The van der Waals surface area contributed by atoms with E-state index in [1.54, 1.807) is 24.3 Å². The number of hydrogen-bond acceptors (Lipinski definition) is 2. The summed E-state index contributed by atoms with van der Waals surface area (Å²) in [7, 11) is -1.61. The van der Waals surface area contributed by atoms with Crippen LogP contribution < -0.4 is 5.32 Å². The maximum absolute atomic E-state index is 11.0. The van der Waals surface area contributed by atoms with Crippen LogP contribution in [0.15, 0.2) is 30.3 Å². The molecule has 0 unspecified atom stereocenters. The van der Waals surface area contributed by atoms with Gasteiger partial charge in [0.1, 0.15) is 8.07 Å². The van der Waals surface area contributed by atoms with Gasteiger partial charge in [0.15, 0.2) is 0 Å². The quantitative estimate of drug-likeness (QED) is 0.617. The number of fused-ring (bicyclic) bond motifs is 1. The first-order chi connectivity index (χ1) is 10.3. The Balaban J connectivity index is 2.78. The summed E-state index contributed by atoms with van der Waals surface area (Å²) in [5.41, 5.74) is 4.88. The van der Waals surface area contributed by atoms with Gasteiger partial charge < -0.3 is 5.11 Å². The van der Waals surface area contributed by atoms with Crippen molar-refractivity contribution in [1.29, 1.82) is 5.26 Å². The molecule has 1 amide bonds. The highest BCUT2D eigenvalue weighted by Gasteiger charge is 2.12. The average Bonchev–Trinajstić information content (AvgIpc) is 2.43. The van der Waals surface area contributed by atoms with E-state index in [4.69, 9.17) is 5.11 Å². The van der Waals surface area contributed by atoms with Gasteiger partial charge in [-0.15, -0.1) is 5.54 Å². The van der Waals surface area contributed by atoms with Gasteiger partial charge in [0.05, 0.1) is 22.9 Å². The predicted octanol–water partition coefficient (Wildman–Crippen LogP) is 4.03. The molecule has 22 heavy (non-hydrogen) atoms. The molecule has 0 spiro atoms. The minimum Gasteiger partial charge on any atom is -0.465 e. The highest BCUT2D eigenvalue weighted by atomic mass is 28.3. The second kappa shape index (κ2) is 5.93. The van der Waals surface area contributed by atoms with E-state index in [2.05, 4.69) is 42.5 Å². The van der Waals surface area contributed by atoms with Gasteiger partial charge in [0, 0.05) is 10.8 Å². The van der Waals surface area contributed by atoms with Crippen molar-refractivity contribution in [3.05, 3.63) is 41.5 Å². The van der Waals surface area contributed by atoms with Gasteiger partial charge in [-0.1, -0.05) is 43.8 Å². The van der Waals surface area contributed by atoms with Crippen LogP contribution in [-0.4, -0.2) is 19.3 Å². The molecule has 0 saturated carbocycles. The van der Waals surface area contributed by atoms with Crippen molar-refractivity contribution in [1.82, 2.24) is 0 Å². The van der Waals surface area contributed by atoms with Gasteiger partial charge >= 0.3 is 6.09 Å². The fraction of sp³-hybridized carbons (Fsp3) is 0.176. The normalized spacial score (nSPS) is 10.5. The van der Waals surface area contributed by atoms with Gasteiger partial charge in [0.2, 0.25) is 0 Å². The molecule has 2 aromatic carbocycles. The topological polar surface area (TPSA) is 73.1 Å². The lowest BCUT2D eigenvalue weighted by molar-refractivity contribution is 0.209. The number of amides is 1. The molecule has 2 N–H and O–H groups in total. The van der Waals surface area contributed by atoms with Crippen LogP contribution in [0.5, 0.6) is 0 Å². The highest BCUT2D eigenvalue weighted by Crippen LogP contribution is 2.28. The summed E-state index contributed by atoms with van der Waals surface area (Å²) < 4.78 is 0. The van der Waals surface area contributed by atoms with E-state index in [1.165, 1.54) is 0 Å². The van der Waals surface area contributed by atoms with Crippen LogP contribution in [-0.2, 0) is 0 Å². The maximum atomic E-state index is 11.0. The lowest BCUT2D eigenvalue weighted by atomic mass is 9.99. The zero-order chi connectivity index (χ0) is 16.3. The number of nitriles is 1. The number of hydrogen-bond donors (Lipinski definition) is 2. The minimum absolute atomic E-state index is 0.445. The minimum atomic E-state index is -1.61. The molecule has 0 aliphatic rings. The maximum Gasteiger partial charge on any atom is 0.409 e. The second-order valence-corrected chi connectivity index (χ2v) is 10.7. The molecule has 0 radical (unpaired) electrons. The van der Waals surface area contributed by atoms with E-state index in [0.29, 0.717) is 16.8 Å². The van der Waals surface area contributed by atoms with E-state index in [-0.39, 0.29) is 0 Å². The number of anilines is 1. The van der Waals surface area contributed by atoms with Crippen LogP contribution in [0.1, 0.15) is 11.1 Å². The highest BCUT2D eigenvalue weighted by molar-refractivity contribution is 6.83. The first kappa shape index (κ1) is 15.6. The molecule has 0 bridgehead atoms. The van der Waals surface area contributed by atoms with Gasteiger partial charge in [-0.05, 0) is 12.1 Å². The summed E-state index contributed by atoms with van der Waals surface area (Å²) >= 11 is 0. The first-order valence-corrected chi connectivity index (χ1v) is 10.3. The van der Waals surface area contributed by atoms with Crippen molar-refractivity contribution in [3.8, 4) is 17.5 Å². The molecule has 0 atom stereocenters. The molecule has 2 rings (SSSR count). The third kappa shape index (κ3) is 3.46. The van der Waals surface area contributed by atoms with Crippen molar-refractivity contribution in [2.45, 2.75) is 19.6 Å². The molecule has 2 aromatic rings. The van der Waals surface area contributed by atoms with Crippen LogP contribution >= 0.6 is 0 Å². The van der Waals surface area contributed by atoms with Crippen molar-refractivity contribution >= 4 is 30.6 Å². The van der Waals surface area contributed by atoms with Crippen molar-refractivity contribution in [2.24, 2.45) is 0 Å². The first-order valence-electron chi connectivity index (χ1n) is 6.81. The molecular formula is C17H16N2O2Si. The summed E-state index contributed by atoms with van der Waals surface area (Å²) in [6.45, 7) is 6.36. The molecule has 0 aromatic heterocycles. The Kier molecular flexibility index (Phi) is 4.21. The molecule has 0 aliphatic heterocycles. The molecule has 0 heterocycles. The molecule has 4 nitrogen and oxygen atoms in total. The standard InChI is InChI=1S/C17H16N2O2Si/c1-22(2,3)10-9-15-14-6-4-5-12(11-18)13(14)7-8-16(15)19-17(20)21/h4-8,19H,1-3H3,(H,20,21).